The highest BCUT2D eigenvalue weighted by molar-refractivity contribution is 5.85. The molecule has 1 heterocycles. The van der Waals surface area contributed by atoms with Crippen LogP contribution in [0.4, 0.5) is 4.39 Å². The van der Waals surface area contributed by atoms with Gasteiger partial charge in [0.05, 0.1) is 0 Å². The van der Waals surface area contributed by atoms with Gasteiger partial charge < -0.3 is 10.2 Å². The van der Waals surface area contributed by atoms with E-state index in [9.17, 15) is 9.18 Å². The van der Waals surface area contributed by atoms with Crippen LogP contribution in [0.1, 0.15) is 12.0 Å². The summed E-state index contributed by atoms with van der Waals surface area (Å²) < 4.78 is 13.0. The standard InChI is InChI=1S/C12H15FN2O.ClH/c13-11-3-1-2-10(8-11)9-15-7-6-14-5-4-12(15)16;/h1-3,8,14H,4-7,9H2;1H. The lowest BCUT2D eigenvalue weighted by molar-refractivity contribution is -0.130. The second-order valence-electron chi connectivity index (χ2n) is 3.95. The monoisotopic (exact) mass is 258 g/mol. The zero-order valence-electron chi connectivity index (χ0n) is 9.49. The maximum atomic E-state index is 13.0. The van der Waals surface area contributed by atoms with Crippen molar-refractivity contribution in [3.8, 4) is 0 Å². The molecule has 0 aromatic heterocycles. The van der Waals surface area contributed by atoms with Crippen molar-refractivity contribution in [2.24, 2.45) is 0 Å². The molecule has 1 amide bonds. The molecule has 3 nitrogen and oxygen atoms in total. The van der Waals surface area contributed by atoms with Crippen LogP contribution in [0.25, 0.3) is 0 Å². The van der Waals surface area contributed by atoms with E-state index in [1.165, 1.54) is 12.1 Å². The van der Waals surface area contributed by atoms with Gasteiger partial charge in [0.25, 0.3) is 0 Å². The van der Waals surface area contributed by atoms with Crippen LogP contribution in [-0.4, -0.2) is 30.4 Å². The third kappa shape index (κ3) is 3.98. The number of amides is 1. The van der Waals surface area contributed by atoms with Gasteiger partial charge in [-0.05, 0) is 17.7 Å². The van der Waals surface area contributed by atoms with Gasteiger partial charge in [-0.2, -0.15) is 0 Å². The van der Waals surface area contributed by atoms with Crippen LogP contribution in [0.2, 0.25) is 0 Å². The summed E-state index contributed by atoms with van der Waals surface area (Å²) in [5.74, 6) is -0.118. The number of carbonyl (C=O) groups excluding carboxylic acids is 1. The highest BCUT2D eigenvalue weighted by atomic mass is 35.5. The molecule has 1 saturated heterocycles. The lowest BCUT2D eigenvalue weighted by Gasteiger charge is -2.20. The van der Waals surface area contributed by atoms with Crippen molar-refractivity contribution in [2.45, 2.75) is 13.0 Å². The van der Waals surface area contributed by atoms with Crippen molar-refractivity contribution in [3.05, 3.63) is 35.6 Å². The molecule has 0 unspecified atom stereocenters. The predicted molar refractivity (Wildman–Crippen MR) is 66.6 cm³/mol. The first-order chi connectivity index (χ1) is 7.75. The molecule has 0 spiro atoms. The van der Waals surface area contributed by atoms with E-state index >= 15 is 0 Å². The third-order valence-electron chi connectivity index (χ3n) is 2.69. The van der Waals surface area contributed by atoms with Gasteiger partial charge >= 0.3 is 0 Å². The lowest BCUT2D eigenvalue weighted by atomic mass is 10.2. The first-order valence-corrected chi connectivity index (χ1v) is 5.48. The molecule has 1 aliphatic rings. The van der Waals surface area contributed by atoms with Gasteiger partial charge in [-0.3, -0.25) is 4.79 Å². The molecule has 1 N–H and O–H groups in total. The Bertz CT molecular complexity index is 387. The van der Waals surface area contributed by atoms with Gasteiger partial charge in [0.15, 0.2) is 0 Å². The number of nitrogens with zero attached hydrogens (tertiary/aromatic N) is 1. The summed E-state index contributed by atoms with van der Waals surface area (Å²) in [5, 5.41) is 3.17. The van der Waals surface area contributed by atoms with Crippen LogP contribution in [0.15, 0.2) is 24.3 Å². The minimum atomic E-state index is -0.252. The quantitative estimate of drug-likeness (QED) is 0.873. The number of rotatable bonds is 2. The predicted octanol–water partition coefficient (Wildman–Crippen LogP) is 1.57. The zero-order chi connectivity index (χ0) is 11.4. The van der Waals surface area contributed by atoms with Crippen LogP contribution in [0.3, 0.4) is 0 Å². The topological polar surface area (TPSA) is 32.3 Å². The zero-order valence-corrected chi connectivity index (χ0v) is 10.3. The number of carbonyl (C=O) groups is 1. The summed E-state index contributed by atoms with van der Waals surface area (Å²) in [6.45, 7) is 2.73. The summed E-state index contributed by atoms with van der Waals surface area (Å²) in [6.07, 6.45) is 0.523. The number of halogens is 2. The molecule has 2 rings (SSSR count). The van der Waals surface area contributed by atoms with E-state index in [1.807, 2.05) is 6.07 Å². The highest BCUT2D eigenvalue weighted by Gasteiger charge is 2.16. The Balaban J connectivity index is 0.00000144. The number of hydrogen-bond donors (Lipinski definition) is 1. The molecule has 0 bridgehead atoms. The van der Waals surface area contributed by atoms with Gasteiger partial charge in [-0.25, -0.2) is 4.39 Å². The largest absolute Gasteiger partial charge is 0.337 e. The summed E-state index contributed by atoms with van der Waals surface area (Å²) >= 11 is 0. The molecule has 0 saturated carbocycles. The smallest absolute Gasteiger partial charge is 0.224 e. The van der Waals surface area contributed by atoms with Crippen LogP contribution in [-0.2, 0) is 11.3 Å². The van der Waals surface area contributed by atoms with Crippen molar-refractivity contribution in [2.75, 3.05) is 19.6 Å². The van der Waals surface area contributed by atoms with E-state index in [-0.39, 0.29) is 24.1 Å². The van der Waals surface area contributed by atoms with Crippen molar-refractivity contribution in [1.29, 1.82) is 0 Å². The van der Waals surface area contributed by atoms with Crippen LogP contribution in [0.5, 0.6) is 0 Å². The van der Waals surface area contributed by atoms with E-state index in [1.54, 1.807) is 11.0 Å². The SMILES string of the molecule is Cl.O=C1CCNCCN1Cc1cccc(F)c1. The molecule has 5 heteroatoms. The first kappa shape index (κ1) is 13.9. The van der Waals surface area contributed by atoms with Gasteiger partial charge in [0.1, 0.15) is 5.82 Å². The molecular formula is C12H16ClFN2O. The van der Waals surface area contributed by atoms with Gasteiger partial charge in [0.2, 0.25) is 5.91 Å². The van der Waals surface area contributed by atoms with Crippen molar-refractivity contribution in [1.82, 2.24) is 10.2 Å². The van der Waals surface area contributed by atoms with Crippen molar-refractivity contribution >= 4 is 18.3 Å². The van der Waals surface area contributed by atoms with Crippen molar-refractivity contribution in [3.63, 3.8) is 0 Å². The minimum absolute atomic E-state index is 0. The van der Waals surface area contributed by atoms with Gasteiger partial charge in [-0.1, -0.05) is 12.1 Å². The fourth-order valence-electron chi connectivity index (χ4n) is 1.84. The van der Waals surface area contributed by atoms with Gasteiger partial charge in [-0.15, -0.1) is 12.4 Å². The molecule has 17 heavy (non-hydrogen) atoms. The second-order valence-corrected chi connectivity index (χ2v) is 3.95. The van der Waals surface area contributed by atoms with Gasteiger partial charge in [0, 0.05) is 32.6 Å². The maximum Gasteiger partial charge on any atom is 0.224 e. The van der Waals surface area contributed by atoms with Crippen LogP contribution < -0.4 is 5.32 Å². The Morgan fingerprint density at radius 1 is 1.35 bits per heavy atom. The Labute approximate surface area is 106 Å². The average Bonchev–Trinajstić information content (AvgIpc) is 2.45. The van der Waals surface area contributed by atoms with E-state index in [2.05, 4.69) is 5.32 Å². The average molecular weight is 259 g/mol. The molecule has 0 radical (unpaired) electrons. The molecule has 1 aliphatic heterocycles. The fraction of sp³-hybridized carbons (Fsp3) is 0.417. The Hall–Kier alpha value is -1.13. The first-order valence-electron chi connectivity index (χ1n) is 5.48. The highest BCUT2D eigenvalue weighted by Crippen LogP contribution is 2.09. The lowest BCUT2D eigenvalue weighted by Crippen LogP contribution is -2.31. The number of benzene rings is 1. The minimum Gasteiger partial charge on any atom is -0.337 e. The van der Waals surface area contributed by atoms with E-state index in [4.69, 9.17) is 0 Å². The third-order valence-corrected chi connectivity index (χ3v) is 2.69. The van der Waals surface area contributed by atoms with Crippen LogP contribution >= 0.6 is 12.4 Å². The molecule has 1 fully saturated rings. The Morgan fingerprint density at radius 3 is 2.94 bits per heavy atom. The normalized spacial score (nSPS) is 16.3. The molecule has 1 aromatic carbocycles. The molecule has 94 valence electrons. The van der Waals surface area contributed by atoms with E-state index in [0.717, 1.165) is 18.7 Å². The molecule has 0 atom stereocenters. The van der Waals surface area contributed by atoms with Crippen LogP contribution in [0, 0.1) is 5.82 Å². The maximum absolute atomic E-state index is 13.0. The molecule has 1 aromatic rings. The fourth-order valence-corrected chi connectivity index (χ4v) is 1.84. The number of nitrogens with one attached hydrogen (secondary N) is 1. The number of hydrogen-bond acceptors (Lipinski definition) is 2. The summed E-state index contributed by atoms with van der Waals surface area (Å²) in [4.78, 5) is 13.5. The van der Waals surface area contributed by atoms with E-state index in [0.29, 0.717) is 19.5 Å². The molecule has 0 aliphatic carbocycles. The second kappa shape index (κ2) is 6.57. The Morgan fingerprint density at radius 2 is 2.18 bits per heavy atom. The molecular weight excluding hydrogens is 243 g/mol. The summed E-state index contributed by atoms with van der Waals surface area (Å²) in [6, 6.07) is 6.40. The summed E-state index contributed by atoms with van der Waals surface area (Å²) in [5.41, 5.74) is 0.843. The van der Waals surface area contributed by atoms with Crippen molar-refractivity contribution < 1.29 is 9.18 Å². The van der Waals surface area contributed by atoms with E-state index < -0.39 is 0 Å². The Kier molecular flexibility index (Phi) is 5.38. The summed E-state index contributed by atoms with van der Waals surface area (Å²) in [7, 11) is 0.